The third kappa shape index (κ3) is 4.46. The molecule has 0 atom stereocenters. The minimum absolute atomic E-state index is 0.994. The summed E-state index contributed by atoms with van der Waals surface area (Å²) in [6.45, 7) is 4.19. The number of alkyl halides is 1. The van der Waals surface area contributed by atoms with Crippen LogP contribution in [0.3, 0.4) is 0 Å². The minimum Gasteiger partial charge on any atom is -0.0880 e. The van der Waals surface area contributed by atoms with Gasteiger partial charge in [-0.15, -0.1) is 0 Å². The van der Waals surface area contributed by atoms with E-state index < -0.39 is 0 Å². The zero-order chi connectivity index (χ0) is 7.11. The standard InChI is InChI=1S/C8H13Br/c1-3-5-6-8(4-2)7-9/h3,5-6H,4,7H2,1-2H3/b5-3-,8-6+. The quantitative estimate of drug-likeness (QED) is 0.472. The largest absolute Gasteiger partial charge is 0.0880 e. The lowest BCUT2D eigenvalue weighted by atomic mass is 10.2. The van der Waals surface area contributed by atoms with Crippen molar-refractivity contribution >= 4 is 15.9 Å². The molecule has 0 aliphatic carbocycles. The molecule has 9 heavy (non-hydrogen) atoms. The van der Waals surface area contributed by atoms with E-state index in [2.05, 4.69) is 35.0 Å². The van der Waals surface area contributed by atoms with Crippen LogP contribution in [0.25, 0.3) is 0 Å². The molecule has 0 aliphatic heterocycles. The molecule has 0 radical (unpaired) electrons. The van der Waals surface area contributed by atoms with E-state index in [0.717, 1.165) is 11.8 Å². The Bertz CT molecular complexity index is 106. The Morgan fingerprint density at radius 2 is 2.22 bits per heavy atom. The maximum atomic E-state index is 3.40. The highest BCUT2D eigenvalue weighted by Crippen LogP contribution is 2.03. The lowest BCUT2D eigenvalue weighted by Crippen LogP contribution is -1.78. The van der Waals surface area contributed by atoms with Gasteiger partial charge in [-0.2, -0.15) is 0 Å². The van der Waals surface area contributed by atoms with Crippen molar-refractivity contribution < 1.29 is 0 Å². The second-order valence-electron chi connectivity index (χ2n) is 1.84. The van der Waals surface area contributed by atoms with Crippen LogP contribution in [0.5, 0.6) is 0 Å². The van der Waals surface area contributed by atoms with Crippen molar-refractivity contribution in [2.24, 2.45) is 0 Å². The van der Waals surface area contributed by atoms with E-state index in [0.29, 0.717) is 0 Å². The summed E-state index contributed by atoms with van der Waals surface area (Å²) in [5.74, 6) is 0. The average molecular weight is 189 g/mol. The van der Waals surface area contributed by atoms with Crippen molar-refractivity contribution in [2.75, 3.05) is 5.33 Å². The van der Waals surface area contributed by atoms with Crippen LogP contribution >= 0.6 is 15.9 Å². The van der Waals surface area contributed by atoms with Gasteiger partial charge in [-0.25, -0.2) is 0 Å². The van der Waals surface area contributed by atoms with E-state index in [-0.39, 0.29) is 0 Å². The summed E-state index contributed by atoms with van der Waals surface area (Å²) in [6, 6.07) is 0. The molecule has 0 heterocycles. The number of allylic oxidation sites excluding steroid dienone is 4. The second kappa shape index (κ2) is 6.09. The predicted molar refractivity (Wildman–Crippen MR) is 47.0 cm³/mol. The summed E-state index contributed by atoms with van der Waals surface area (Å²) in [5.41, 5.74) is 1.44. The fourth-order valence-corrected chi connectivity index (χ4v) is 1.07. The van der Waals surface area contributed by atoms with Gasteiger partial charge in [0.1, 0.15) is 0 Å². The van der Waals surface area contributed by atoms with Crippen LogP contribution in [0.1, 0.15) is 20.3 Å². The summed E-state index contributed by atoms with van der Waals surface area (Å²) in [7, 11) is 0. The zero-order valence-electron chi connectivity index (χ0n) is 6.02. The van der Waals surface area contributed by atoms with Gasteiger partial charge in [0.25, 0.3) is 0 Å². The van der Waals surface area contributed by atoms with Crippen LogP contribution in [0.4, 0.5) is 0 Å². The molecule has 0 aromatic rings. The summed E-state index contributed by atoms with van der Waals surface area (Å²) < 4.78 is 0. The molecule has 0 aliphatic rings. The Hall–Kier alpha value is -0.0400. The molecule has 0 nitrogen and oxygen atoms in total. The molecule has 0 spiro atoms. The van der Waals surface area contributed by atoms with Gasteiger partial charge in [0.05, 0.1) is 0 Å². The van der Waals surface area contributed by atoms with E-state index in [1.807, 2.05) is 13.0 Å². The summed E-state index contributed by atoms with van der Waals surface area (Å²) in [6.07, 6.45) is 7.39. The SMILES string of the molecule is C/C=C\C=C(/CC)CBr. The fraction of sp³-hybridized carbons (Fsp3) is 0.500. The van der Waals surface area contributed by atoms with Crippen LogP contribution in [0.2, 0.25) is 0 Å². The topological polar surface area (TPSA) is 0 Å². The highest BCUT2D eigenvalue weighted by Gasteiger charge is 1.85. The Morgan fingerprint density at radius 3 is 2.56 bits per heavy atom. The van der Waals surface area contributed by atoms with E-state index in [4.69, 9.17) is 0 Å². The van der Waals surface area contributed by atoms with Crippen LogP contribution in [0, 0.1) is 0 Å². The number of hydrogen-bond donors (Lipinski definition) is 0. The van der Waals surface area contributed by atoms with Gasteiger partial charge in [-0.1, -0.05) is 46.7 Å². The number of rotatable bonds is 3. The first-order chi connectivity index (χ1) is 4.35. The third-order valence-electron chi connectivity index (χ3n) is 1.15. The van der Waals surface area contributed by atoms with Crippen molar-refractivity contribution in [3.8, 4) is 0 Å². The van der Waals surface area contributed by atoms with Crippen molar-refractivity contribution in [3.05, 3.63) is 23.8 Å². The molecule has 52 valence electrons. The van der Waals surface area contributed by atoms with Crippen LogP contribution in [-0.2, 0) is 0 Å². The molecule has 0 amide bonds. The van der Waals surface area contributed by atoms with E-state index in [1.165, 1.54) is 5.57 Å². The maximum Gasteiger partial charge on any atom is 0.0244 e. The predicted octanol–water partition coefficient (Wildman–Crippen LogP) is 3.29. The summed E-state index contributed by atoms with van der Waals surface area (Å²) >= 11 is 3.40. The lowest BCUT2D eigenvalue weighted by Gasteiger charge is -1.93. The van der Waals surface area contributed by atoms with Gasteiger partial charge in [-0.3, -0.25) is 0 Å². The monoisotopic (exact) mass is 188 g/mol. The molecule has 0 N–H and O–H groups in total. The molecular weight excluding hydrogens is 176 g/mol. The van der Waals surface area contributed by atoms with Gasteiger partial charge in [-0.05, 0) is 13.3 Å². The molecule has 0 bridgehead atoms. The van der Waals surface area contributed by atoms with Crippen LogP contribution in [0.15, 0.2) is 23.8 Å². The van der Waals surface area contributed by atoms with Gasteiger partial charge in [0.15, 0.2) is 0 Å². The first-order valence-corrected chi connectivity index (χ1v) is 4.34. The minimum atomic E-state index is 0.994. The van der Waals surface area contributed by atoms with Gasteiger partial charge in [0, 0.05) is 5.33 Å². The molecule has 0 rings (SSSR count). The van der Waals surface area contributed by atoms with E-state index in [1.54, 1.807) is 0 Å². The maximum absolute atomic E-state index is 3.40. The Balaban J connectivity index is 3.75. The fourth-order valence-electron chi connectivity index (χ4n) is 0.489. The van der Waals surface area contributed by atoms with Crippen molar-refractivity contribution in [2.45, 2.75) is 20.3 Å². The molecule has 0 aromatic heterocycles. The molecule has 0 unspecified atom stereocenters. The summed E-state index contributed by atoms with van der Waals surface area (Å²) in [4.78, 5) is 0. The zero-order valence-corrected chi connectivity index (χ0v) is 7.61. The molecule has 0 aromatic carbocycles. The second-order valence-corrected chi connectivity index (χ2v) is 2.40. The molecule has 1 heteroatoms. The number of hydrogen-bond acceptors (Lipinski definition) is 0. The Labute approximate surface area is 65.8 Å². The lowest BCUT2D eigenvalue weighted by molar-refractivity contribution is 1.11. The highest BCUT2D eigenvalue weighted by atomic mass is 79.9. The van der Waals surface area contributed by atoms with Crippen LogP contribution < -0.4 is 0 Å². The number of halogens is 1. The van der Waals surface area contributed by atoms with Crippen molar-refractivity contribution in [3.63, 3.8) is 0 Å². The highest BCUT2D eigenvalue weighted by molar-refractivity contribution is 9.09. The molecule has 0 saturated carbocycles. The normalized spacial score (nSPS) is 13.0. The summed E-state index contributed by atoms with van der Waals surface area (Å²) in [5, 5.41) is 0.994. The molecule has 0 fully saturated rings. The van der Waals surface area contributed by atoms with Crippen molar-refractivity contribution in [1.82, 2.24) is 0 Å². The van der Waals surface area contributed by atoms with Gasteiger partial charge < -0.3 is 0 Å². The van der Waals surface area contributed by atoms with Crippen LogP contribution in [-0.4, -0.2) is 5.33 Å². The van der Waals surface area contributed by atoms with Gasteiger partial charge >= 0.3 is 0 Å². The molecule has 0 saturated heterocycles. The Kier molecular flexibility index (Phi) is 6.06. The Morgan fingerprint density at radius 1 is 1.56 bits per heavy atom. The van der Waals surface area contributed by atoms with E-state index >= 15 is 0 Å². The average Bonchev–Trinajstić information content (AvgIpc) is 1.91. The molecular formula is C8H13Br. The smallest absolute Gasteiger partial charge is 0.0244 e. The van der Waals surface area contributed by atoms with Gasteiger partial charge in [0.2, 0.25) is 0 Å². The van der Waals surface area contributed by atoms with E-state index in [9.17, 15) is 0 Å². The first kappa shape index (κ1) is 8.96. The van der Waals surface area contributed by atoms with Crippen molar-refractivity contribution in [1.29, 1.82) is 0 Å². The third-order valence-corrected chi connectivity index (χ3v) is 1.87. The first-order valence-electron chi connectivity index (χ1n) is 3.21.